The third-order valence-corrected chi connectivity index (χ3v) is 5.46. The lowest BCUT2D eigenvalue weighted by Gasteiger charge is -2.29. The van der Waals surface area contributed by atoms with E-state index in [0.717, 1.165) is 53.2 Å². The molecule has 2 heterocycles. The third kappa shape index (κ3) is 3.61. The van der Waals surface area contributed by atoms with E-state index in [1.807, 2.05) is 42.6 Å². The van der Waals surface area contributed by atoms with E-state index in [-0.39, 0.29) is 0 Å². The predicted octanol–water partition coefficient (Wildman–Crippen LogP) is 5.32. The molecule has 0 spiro atoms. The minimum absolute atomic E-state index is 0.720. The van der Waals surface area contributed by atoms with E-state index in [0.29, 0.717) is 0 Å². The van der Waals surface area contributed by atoms with E-state index >= 15 is 0 Å². The molecule has 0 atom stereocenters. The summed E-state index contributed by atoms with van der Waals surface area (Å²) >= 11 is 12.4. The average Bonchev–Trinajstić information content (AvgIpc) is 2.65. The first kappa shape index (κ1) is 17.5. The van der Waals surface area contributed by atoms with Crippen molar-refractivity contribution in [1.82, 2.24) is 14.9 Å². The molecule has 3 nitrogen and oxygen atoms in total. The maximum Gasteiger partial charge on any atom is 0.159 e. The molecule has 1 aromatic heterocycles. The Morgan fingerprint density at radius 3 is 2.65 bits per heavy atom. The molecule has 5 heteroatoms. The van der Waals surface area contributed by atoms with Gasteiger partial charge in [-0.3, -0.25) is 4.90 Å². The van der Waals surface area contributed by atoms with Gasteiger partial charge >= 0.3 is 0 Å². The number of aromatic nitrogens is 2. The van der Waals surface area contributed by atoms with Crippen molar-refractivity contribution < 1.29 is 0 Å². The van der Waals surface area contributed by atoms with Crippen molar-refractivity contribution >= 4 is 23.2 Å². The van der Waals surface area contributed by atoms with Crippen molar-refractivity contribution in [2.75, 3.05) is 6.54 Å². The molecular formula is C21H19Cl2N3. The first-order valence-corrected chi connectivity index (χ1v) is 9.43. The highest BCUT2D eigenvalue weighted by Gasteiger charge is 2.20. The zero-order valence-electron chi connectivity index (χ0n) is 14.5. The molecule has 1 aliphatic rings. The molecule has 3 aromatic rings. The van der Waals surface area contributed by atoms with Crippen LogP contribution in [0.2, 0.25) is 10.0 Å². The van der Waals surface area contributed by atoms with E-state index < -0.39 is 0 Å². The highest BCUT2D eigenvalue weighted by Crippen LogP contribution is 2.26. The molecule has 0 fully saturated rings. The van der Waals surface area contributed by atoms with Crippen molar-refractivity contribution in [3.8, 4) is 11.4 Å². The number of benzene rings is 2. The Morgan fingerprint density at radius 1 is 1.08 bits per heavy atom. The molecule has 0 unspecified atom stereocenters. The molecule has 132 valence electrons. The standard InChI is InChI=1S/C21H19Cl2N3/c1-14-3-2-4-19(23)18(14)13-26-10-9-20-16(12-26)11-24-21(25-20)15-5-7-17(22)8-6-15/h2-8,11H,9-10,12-13H2,1H3. The van der Waals surface area contributed by atoms with Crippen molar-refractivity contribution in [2.45, 2.75) is 26.4 Å². The number of aryl methyl sites for hydroxylation is 1. The maximum atomic E-state index is 6.39. The molecule has 4 rings (SSSR count). The summed E-state index contributed by atoms with van der Waals surface area (Å²) in [5, 5.41) is 1.56. The largest absolute Gasteiger partial charge is 0.294 e. The number of hydrogen-bond donors (Lipinski definition) is 0. The van der Waals surface area contributed by atoms with Gasteiger partial charge in [-0.25, -0.2) is 9.97 Å². The number of rotatable bonds is 3. The summed E-state index contributed by atoms with van der Waals surface area (Å²) in [5.41, 5.74) is 5.76. The van der Waals surface area contributed by atoms with Crippen LogP contribution in [0.1, 0.15) is 22.4 Å². The minimum atomic E-state index is 0.720. The van der Waals surface area contributed by atoms with E-state index in [1.54, 1.807) is 0 Å². The maximum absolute atomic E-state index is 6.39. The molecular weight excluding hydrogens is 365 g/mol. The molecule has 1 aliphatic heterocycles. The summed E-state index contributed by atoms with van der Waals surface area (Å²) in [6.07, 6.45) is 2.87. The number of fused-ring (bicyclic) bond motifs is 1. The van der Waals surface area contributed by atoms with Crippen LogP contribution in [0.5, 0.6) is 0 Å². The third-order valence-electron chi connectivity index (χ3n) is 4.85. The zero-order chi connectivity index (χ0) is 18.1. The van der Waals surface area contributed by atoms with Crippen LogP contribution in [-0.4, -0.2) is 21.4 Å². The summed E-state index contributed by atoms with van der Waals surface area (Å²) in [7, 11) is 0. The smallest absolute Gasteiger partial charge is 0.159 e. The molecule has 0 amide bonds. The van der Waals surface area contributed by atoms with Crippen molar-refractivity contribution in [1.29, 1.82) is 0 Å². The van der Waals surface area contributed by atoms with E-state index in [1.165, 1.54) is 16.7 Å². The Labute approximate surface area is 163 Å². The van der Waals surface area contributed by atoms with Gasteiger partial charge in [-0.2, -0.15) is 0 Å². The van der Waals surface area contributed by atoms with Gasteiger partial charge < -0.3 is 0 Å². The van der Waals surface area contributed by atoms with Gasteiger partial charge in [-0.15, -0.1) is 0 Å². The molecule has 0 N–H and O–H groups in total. The lowest BCUT2D eigenvalue weighted by atomic mass is 10.0. The van der Waals surface area contributed by atoms with Gasteiger partial charge in [0, 0.05) is 53.4 Å². The van der Waals surface area contributed by atoms with E-state index in [4.69, 9.17) is 28.2 Å². The molecule has 0 saturated heterocycles. The lowest BCUT2D eigenvalue weighted by molar-refractivity contribution is 0.242. The monoisotopic (exact) mass is 383 g/mol. The molecule has 0 aliphatic carbocycles. The summed E-state index contributed by atoms with van der Waals surface area (Å²) in [4.78, 5) is 11.7. The van der Waals surface area contributed by atoms with Gasteiger partial charge in [0.1, 0.15) is 0 Å². The Hall–Kier alpha value is -1.94. The molecule has 26 heavy (non-hydrogen) atoms. The second kappa shape index (κ2) is 7.36. The summed E-state index contributed by atoms with van der Waals surface area (Å²) in [6.45, 7) is 4.78. The first-order valence-electron chi connectivity index (χ1n) is 8.67. The van der Waals surface area contributed by atoms with Crippen LogP contribution in [0.4, 0.5) is 0 Å². The van der Waals surface area contributed by atoms with Crippen LogP contribution >= 0.6 is 23.2 Å². The van der Waals surface area contributed by atoms with Gasteiger partial charge in [-0.05, 0) is 48.4 Å². The number of halogens is 2. The summed E-state index contributed by atoms with van der Waals surface area (Å²) < 4.78 is 0. The van der Waals surface area contributed by atoms with Crippen LogP contribution < -0.4 is 0 Å². The fraction of sp³-hybridized carbons (Fsp3) is 0.238. The van der Waals surface area contributed by atoms with Gasteiger partial charge in [-0.1, -0.05) is 35.3 Å². The molecule has 0 bridgehead atoms. The Kier molecular flexibility index (Phi) is 4.94. The van der Waals surface area contributed by atoms with Gasteiger partial charge in [0.2, 0.25) is 0 Å². The normalized spacial score (nSPS) is 14.3. The first-order chi connectivity index (χ1) is 12.6. The SMILES string of the molecule is Cc1cccc(Cl)c1CN1CCc2nc(-c3ccc(Cl)cc3)ncc2C1. The van der Waals surface area contributed by atoms with Crippen molar-refractivity contribution in [3.63, 3.8) is 0 Å². The minimum Gasteiger partial charge on any atom is -0.294 e. The average molecular weight is 384 g/mol. The van der Waals surface area contributed by atoms with Crippen molar-refractivity contribution in [3.05, 3.63) is 81.1 Å². The Bertz CT molecular complexity index is 918. The van der Waals surface area contributed by atoms with Crippen LogP contribution in [0.15, 0.2) is 48.7 Å². The highest BCUT2D eigenvalue weighted by atomic mass is 35.5. The fourth-order valence-corrected chi connectivity index (χ4v) is 3.75. The number of nitrogens with zero attached hydrogens (tertiary/aromatic N) is 3. The van der Waals surface area contributed by atoms with Crippen molar-refractivity contribution in [2.24, 2.45) is 0 Å². The quantitative estimate of drug-likeness (QED) is 0.612. The summed E-state index contributed by atoms with van der Waals surface area (Å²) in [6, 6.07) is 13.7. The lowest BCUT2D eigenvalue weighted by Crippen LogP contribution is -2.31. The molecule has 2 aromatic carbocycles. The highest BCUT2D eigenvalue weighted by molar-refractivity contribution is 6.31. The van der Waals surface area contributed by atoms with Gasteiger partial charge in [0.15, 0.2) is 5.82 Å². The van der Waals surface area contributed by atoms with Crippen LogP contribution in [-0.2, 0) is 19.5 Å². The second-order valence-electron chi connectivity index (χ2n) is 6.67. The van der Waals surface area contributed by atoms with Gasteiger partial charge in [0.05, 0.1) is 5.69 Å². The van der Waals surface area contributed by atoms with Crippen LogP contribution in [0.3, 0.4) is 0 Å². The molecule has 0 saturated carbocycles. The Morgan fingerprint density at radius 2 is 1.88 bits per heavy atom. The van der Waals surface area contributed by atoms with Crippen LogP contribution in [0, 0.1) is 6.92 Å². The van der Waals surface area contributed by atoms with E-state index in [9.17, 15) is 0 Å². The number of hydrogen-bond acceptors (Lipinski definition) is 3. The second-order valence-corrected chi connectivity index (χ2v) is 7.51. The molecule has 0 radical (unpaired) electrons. The van der Waals surface area contributed by atoms with Gasteiger partial charge in [0.25, 0.3) is 0 Å². The zero-order valence-corrected chi connectivity index (χ0v) is 16.1. The Balaban J connectivity index is 1.54. The van der Waals surface area contributed by atoms with Crippen LogP contribution in [0.25, 0.3) is 11.4 Å². The summed E-state index contributed by atoms with van der Waals surface area (Å²) in [5.74, 6) is 0.760. The predicted molar refractivity (Wildman–Crippen MR) is 106 cm³/mol. The fourth-order valence-electron chi connectivity index (χ4n) is 3.34. The van der Waals surface area contributed by atoms with E-state index in [2.05, 4.69) is 22.9 Å². The topological polar surface area (TPSA) is 29.0 Å².